The molecule has 178 valence electrons. The van der Waals surface area contributed by atoms with Gasteiger partial charge in [-0.15, -0.1) is 0 Å². The smallest absolute Gasteiger partial charge is 0.0657 e. The molecule has 2 nitrogen and oxygen atoms in total. The maximum Gasteiger partial charge on any atom is 0.0657 e. The summed E-state index contributed by atoms with van der Waals surface area (Å²) in [6.07, 6.45) is 15.8. The normalized spacial score (nSPS) is 47.1. The van der Waals surface area contributed by atoms with Crippen molar-refractivity contribution in [3.63, 3.8) is 0 Å². The second kappa shape index (κ2) is 8.46. The zero-order chi connectivity index (χ0) is 22.6. The third-order valence-corrected chi connectivity index (χ3v) is 11.1. The summed E-state index contributed by atoms with van der Waals surface area (Å²) in [6.45, 7) is 14.0. The zero-order valence-corrected chi connectivity index (χ0v) is 21.3. The van der Waals surface area contributed by atoms with E-state index in [-0.39, 0.29) is 6.10 Å². The van der Waals surface area contributed by atoms with Crippen LogP contribution >= 0.6 is 0 Å². The Bertz CT molecular complexity index is 678. The summed E-state index contributed by atoms with van der Waals surface area (Å²) in [4.78, 5) is 0. The minimum absolute atomic E-state index is 0.143. The quantitative estimate of drug-likeness (QED) is 0.455. The Kier molecular flexibility index (Phi) is 6.50. The van der Waals surface area contributed by atoms with Gasteiger partial charge in [-0.25, -0.2) is 0 Å². The minimum atomic E-state index is -0.493. The average molecular weight is 431 g/mol. The molecular formula is C29H50O2. The minimum Gasteiger partial charge on any atom is -0.393 e. The van der Waals surface area contributed by atoms with Gasteiger partial charge in [0.1, 0.15) is 0 Å². The Morgan fingerprint density at radius 2 is 1.71 bits per heavy atom. The molecule has 0 unspecified atom stereocenters. The van der Waals surface area contributed by atoms with Crippen molar-refractivity contribution in [3.05, 3.63) is 11.6 Å². The lowest BCUT2D eigenvalue weighted by Gasteiger charge is -2.63. The standard InChI is InChI=1S/C29H50O2/c1-19(2)26(30)13-10-20(3)23-8-7-9-24-22-12-11-21-18-27(4,31)16-17-28(21,5)25(22)14-15-29(23,24)6/h11,19-20,22-26,30-31H,7-10,12-18H2,1-6H3/t20-,22+,23-,24+,25+,26+,27+,28+,29-/m1/s1. The molecular weight excluding hydrogens is 380 g/mol. The molecule has 9 atom stereocenters. The Morgan fingerprint density at radius 1 is 0.968 bits per heavy atom. The van der Waals surface area contributed by atoms with E-state index in [9.17, 15) is 10.2 Å². The fourth-order valence-electron chi connectivity index (χ4n) is 8.95. The lowest BCUT2D eigenvalue weighted by molar-refractivity contribution is -0.115. The van der Waals surface area contributed by atoms with Gasteiger partial charge in [-0.2, -0.15) is 0 Å². The van der Waals surface area contributed by atoms with Crippen LogP contribution in [0.2, 0.25) is 0 Å². The van der Waals surface area contributed by atoms with E-state index in [0.29, 0.717) is 22.7 Å². The van der Waals surface area contributed by atoms with Crippen LogP contribution < -0.4 is 0 Å². The highest BCUT2D eigenvalue weighted by molar-refractivity contribution is 5.26. The van der Waals surface area contributed by atoms with Crippen molar-refractivity contribution in [2.24, 2.45) is 46.3 Å². The molecule has 4 rings (SSSR count). The summed E-state index contributed by atoms with van der Waals surface area (Å²) in [6, 6.07) is 0. The van der Waals surface area contributed by atoms with E-state index in [2.05, 4.69) is 40.7 Å². The second-order valence-electron chi connectivity index (χ2n) is 13.4. The summed E-state index contributed by atoms with van der Waals surface area (Å²) in [7, 11) is 0. The molecule has 0 aromatic heterocycles. The van der Waals surface area contributed by atoms with Gasteiger partial charge >= 0.3 is 0 Å². The molecule has 31 heavy (non-hydrogen) atoms. The molecule has 0 amide bonds. The largest absolute Gasteiger partial charge is 0.393 e. The highest BCUT2D eigenvalue weighted by Gasteiger charge is 2.58. The number of aliphatic hydroxyl groups excluding tert-OH is 1. The molecule has 0 heterocycles. The maximum absolute atomic E-state index is 10.7. The SMILES string of the molecule is CC(C)[C@@H](O)CC[C@@H](C)[C@H]1CCC[C@H]2[C@@H]3CC=C4C[C@@](C)(O)CC[C@]4(C)[C@H]3CC[C@]12C. The van der Waals surface area contributed by atoms with Gasteiger partial charge in [-0.1, -0.05) is 52.7 Å². The van der Waals surface area contributed by atoms with Gasteiger partial charge in [0.05, 0.1) is 11.7 Å². The Labute approximate surface area is 192 Å². The first-order valence-electron chi connectivity index (χ1n) is 13.6. The van der Waals surface area contributed by atoms with Crippen LogP contribution in [0.1, 0.15) is 112 Å². The van der Waals surface area contributed by atoms with Gasteiger partial charge in [-0.05, 0) is 117 Å². The van der Waals surface area contributed by atoms with Crippen LogP contribution in [-0.4, -0.2) is 21.9 Å². The number of rotatable bonds is 5. The molecule has 2 heteroatoms. The first-order valence-corrected chi connectivity index (χ1v) is 13.6. The third-order valence-electron chi connectivity index (χ3n) is 11.1. The van der Waals surface area contributed by atoms with Crippen molar-refractivity contribution >= 4 is 0 Å². The Morgan fingerprint density at radius 3 is 2.42 bits per heavy atom. The second-order valence-corrected chi connectivity index (χ2v) is 13.4. The van der Waals surface area contributed by atoms with Crippen molar-refractivity contribution in [2.75, 3.05) is 0 Å². The molecule has 4 aliphatic rings. The monoisotopic (exact) mass is 430 g/mol. The molecule has 4 aliphatic carbocycles. The maximum atomic E-state index is 10.7. The lowest BCUT2D eigenvalue weighted by atomic mass is 9.42. The molecule has 0 aliphatic heterocycles. The first kappa shape index (κ1) is 23.8. The van der Waals surface area contributed by atoms with E-state index < -0.39 is 5.60 Å². The van der Waals surface area contributed by atoms with Gasteiger partial charge < -0.3 is 10.2 Å². The molecule has 0 radical (unpaired) electrons. The number of fused-ring (bicyclic) bond motifs is 5. The molecule has 0 aromatic rings. The number of hydrogen-bond acceptors (Lipinski definition) is 2. The van der Waals surface area contributed by atoms with E-state index in [0.717, 1.165) is 42.9 Å². The lowest BCUT2D eigenvalue weighted by Crippen LogP contribution is -2.55. The summed E-state index contributed by atoms with van der Waals surface area (Å²) in [5.74, 6) is 4.42. The van der Waals surface area contributed by atoms with Crippen molar-refractivity contribution in [1.82, 2.24) is 0 Å². The van der Waals surface area contributed by atoms with E-state index in [1.165, 1.54) is 51.4 Å². The van der Waals surface area contributed by atoms with Gasteiger partial charge in [-0.3, -0.25) is 0 Å². The zero-order valence-electron chi connectivity index (χ0n) is 21.3. The predicted molar refractivity (Wildman–Crippen MR) is 130 cm³/mol. The van der Waals surface area contributed by atoms with Crippen LogP contribution in [0.5, 0.6) is 0 Å². The fourth-order valence-corrected chi connectivity index (χ4v) is 8.95. The summed E-state index contributed by atoms with van der Waals surface area (Å²) < 4.78 is 0. The van der Waals surface area contributed by atoms with Crippen LogP contribution in [0.25, 0.3) is 0 Å². The molecule has 2 N–H and O–H groups in total. The van der Waals surface area contributed by atoms with Crippen LogP contribution in [-0.2, 0) is 0 Å². The molecule has 0 aromatic carbocycles. The average Bonchev–Trinajstić information content (AvgIpc) is 2.71. The van der Waals surface area contributed by atoms with E-state index in [4.69, 9.17) is 0 Å². The van der Waals surface area contributed by atoms with Crippen molar-refractivity contribution in [3.8, 4) is 0 Å². The van der Waals surface area contributed by atoms with E-state index in [1.807, 2.05) is 6.92 Å². The van der Waals surface area contributed by atoms with Crippen LogP contribution in [0, 0.1) is 46.3 Å². The molecule has 3 saturated carbocycles. The molecule has 0 bridgehead atoms. The van der Waals surface area contributed by atoms with Gasteiger partial charge in [0.2, 0.25) is 0 Å². The summed E-state index contributed by atoms with van der Waals surface area (Å²) in [5, 5.41) is 21.1. The Balaban J connectivity index is 1.52. The van der Waals surface area contributed by atoms with Gasteiger partial charge in [0.25, 0.3) is 0 Å². The first-order chi connectivity index (χ1) is 14.5. The van der Waals surface area contributed by atoms with Gasteiger partial charge in [0, 0.05) is 0 Å². The molecule has 0 spiro atoms. The van der Waals surface area contributed by atoms with Crippen molar-refractivity contribution < 1.29 is 10.2 Å². The Hall–Kier alpha value is -0.340. The van der Waals surface area contributed by atoms with Crippen molar-refractivity contribution in [2.45, 2.75) is 124 Å². The van der Waals surface area contributed by atoms with E-state index in [1.54, 1.807) is 5.57 Å². The molecule has 0 saturated heterocycles. The van der Waals surface area contributed by atoms with Crippen molar-refractivity contribution in [1.29, 1.82) is 0 Å². The highest BCUT2D eigenvalue weighted by atomic mass is 16.3. The number of hydrogen-bond donors (Lipinski definition) is 2. The highest BCUT2D eigenvalue weighted by Crippen LogP contribution is 2.66. The molecule has 3 fully saturated rings. The fraction of sp³-hybridized carbons (Fsp3) is 0.931. The number of aliphatic hydroxyl groups is 2. The van der Waals surface area contributed by atoms with Crippen LogP contribution in [0.15, 0.2) is 11.6 Å². The third kappa shape index (κ3) is 4.18. The number of allylic oxidation sites excluding steroid dienone is 1. The van der Waals surface area contributed by atoms with Crippen LogP contribution in [0.4, 0.5) is 0 Å². The predicted octanol–water partition coefficient (Wildman–Crippen LogP) is 7.14. The topological polar surface area (TPSA) is 40.5 Å². The summed E-state index contributed by atoms with van der Waals surface area (Å²) >= 11 is 0. The van der Waals surface area contributed by atoms with Gasteiger partial charge in [0.15, 0.2) is 0 Å². The van der Waals surface area contributed by atoms with Crippen LogP contribution in [0.3, 0.4) is 0 Å². The van der Waals surface area contributed by atoms with E-state index >= 15 is 0 Å². The summed E-state index contributed by atoms with van der Waals surface area (Å²) in [5.41, 5.74) is 1.89.